The van der Waals surface area contributed by atoms with Crippen molar-refractivity contribution in [1.29, 1.82) is 0 Å². The van der Waals surface area contributed by atoms with Crippen LogP contribution in [0.2, 0.25) is 0 Å². The summed E-state index contributed by atoms with van der Waals surface area (Å²) in [6, 6.07) is 15.4. The fourth-order valence-corrected chi connectivity index (χ4v) is 3.08. The van der Waals surface area contributed by atoms with Crippen molar-refractivity contribution in [3.63, 3.8) is 0 Å². The molecule has 1 unspecified atom stereocenters. The summed E-state index contributed by atoms with van der Waals surface area (Å²) in [4.78, 5) is 3.95. The topological polar surface area (TPSA) is 24.8 Å². The number of likely N-dealkylation sites (N-methyl/N-ethyl adjacent to an activating group) is 1. The first kappa shape index (κ1) is 20.2. The van der Waals surface area contributed by atoms with Gasteiger partial charge in [0.15, 0.2) is 6.23 Å². The van der Waals surface area contributed by atoms with Crippen LogP contribution in [-0.2, 0) is 11.3 Å². The fourth-order valence-electron chi connectivity index (χ4n) is 3.08. The molecule has 0 saturated heterocycles. The number of hydrogen-bond donors (Lipinski definition) is 0. The monoisotopic (exact) mass is 402 g/mol. The van der Waals surface area contributed by atoms with Crippen LogP contribution < -0.4 is 0 Å². The molecule has 28 heavy (non-hydrogen) atoms. The Morgan fingerprint density at radius 1 is 0.893 bits per heavy atom. The van der Waals surface area contributed by atoms with E-state index in [4.69, 9.17) is 4.74 Å². The van der Waals surface area contributed by atoms with Gasteiger partial charge in [-0.3, -0.25) is 4.90 Å². The molecule has 0 spiro atoms. The molecule has 150 valence electrons. The predicted molar refractivity (Wildman–Crippen MR) is 90.6 cm³/mol. The molecule has 0 bridgehead atoms. The Morgan fingerprint density at radius 3 is 1.89 bits per heavy atom. The van der Waals surface area contributed by atoms with E-state index in [-0.39, 0.29) is 12.1 Å². The molecule has 9 heteroatoms. The van der Waals surface area contributed by atoms with Crippen molar-refractivity contribution in [2.75, 3.05) is 7.05 Å². The van der Waals surface area contributed by atoms with Crippen LogP contribution in [0.5, 0.6) is 0 Å². The molecule has 0 N–H and O–H groups in total. The van der Waals surface area contributed by atoms with Crippen molar-refractivity contribution in [2.45, 2.75) is 30.7 Å². The number of benzene rings is 2. The van der Waals surface area contributed by atoms with Crippen LogP contribution in [0, 0.1) is 0 Å². The Labute approximate surface area is 157 Å². The van der Waals surface area contributed by atoms with Crippen LogP contribution in [-0.4, -0.2) is 42.0 Å². The average molecular weight is 402 g/mol. The highest BCUT2D eigenvalue weighted by Gasteiger charge is 2.79. The first-order valence-electron chi connectivity index (χ1n) is 8.26. The lowest BCUT2D eigenvalue weighted by Gasteiger charge is -2.38. The molecule has 0 fully saturated rings. The lowest BCUT2D eigenvalue weighted by Crippen LogP contribution is -2.65. The minimum Gasteiger partial charge on any atom is -0.455 e. The van der Waals surface area contributed by atoms with Crippen LogP contribution in [0.3, 0.4) is 0 Å². The third kappa shape index (κ3) is 3.46. The van der Waals surface area contributed by atoms with Gasteiger partial charge in [-0.25, -0.2) is 4.99 Å². The van der Waals surface area contributed by atoms with Crippen LogP contribution in [0.1, 0.15) is 11.1 Å². The molecule has 0 aliphatic carbocycles. The minimum absolute atomic E-state index is 0.0380. The van der Waals surface area contributed by atoms with Crippen LogP contribution in [0.4, 0.5) is 26.3 Å². The number of alkyl halides is 6. The number of rotatable bonds is 4. The van der Waals surface area contributed by atoms with Gasteiger partial charge in [-0.1, -0.05) is 48.5 Å². The van der Waals surface area contributed by atoms with Gasteiger partial charge in [-0.2, -0.15) is 26.3 Å². The van der Waals surface area contributed by atoms with E-state index in [0.717, 1.165) is 11.9 Å². The molecule has 2 aromatic rings. The zero-order valence-corrected chi connectivity index (χ0v) is 14.6. The summed E-state index contributed by atoms with van der Waals surface area (Å²) in [6.07, 6.45) is -13.8. The fraction of sp³-hybridized carbons (Fsp3) is 0.316. The summed E-state index contributed by atoms with van der Waals surface area (Å²) in [6.45, 7) is -0.184. The molecular weight excluding hydrogens is 386 g/mol. The standard InChI is InChI=1S/C19H16F6N2O/c1-27(12-13-8-4-2-5-9-13)16-17(18(20,21)22,19(23,24)25)26-15(28-16)14-10-6-3-7-11-14/h2-11,16H,12H2,1H3. The molecule has 1 heterocycles. The number of ether oxygens (including phenoxy) is 1. The molecular formula is C19H16F6N2O. The van der Waals surface area contributed by atoms with E-state index < -0.39 is 30.0 Å². The van der Waals surface area contributed by atoms with Gasteiger partial charge in [-0.15, -0.1) is 0 Å². The summed E-state index contributed by atoms with van der Waals surface area (Å²) >= 11 is 0. The van der Waals surface area contributed by atoms with Gasteiger partial charge < -0.3 is 4.74 Å². The third-order valence-electron chi connectivity index (χ3n) is 4.42. The number of hydrogen-bond acceptors (Lipinski definition) is 3. The molecule has 1 aliphatic rings. The second-order valence-corrected chi connectivity index (χ2v) is 6.42. The second-order valence-electron chi connectivity index (χ2n) is 6.42. The summed E-state index contributed by atoms with van der Waals surface area (Å²) in [5.74, 6) is -0.694. The quantitative estimate of drug-likeness (QED) is 0.688. The normalized spacial score (nSPS) is 19.4. The summed E-state index contributed by atoms with van der Waals surface area (Å²) in [7, 11) is 1.15. The molecule has 1 aliphatic heterocycles. The van der Waals surface area contributed by atoms with E-state index >= 15 is 0 Å². The predicted octanol–water partition coefficient (Wildman–Crippen LogP) is 4.78. The molecule has 3 rings (SSSR count). The summed E-state index contributed by atoms with van der Waals surface area (Å²) in [5, 5.41) is 0. The van der Waals surface area contributed by atoms with E-state index in [0.29, 0.717) is 5.56 Å². The maximum absolute atomic E-state index is 13.8. The van der Waals surface area contributed by atoms with Crippen molar-refractivity contribution in [2.24, 2.45) is 4.99 Å². The zero-order chi connectivity index (χ0) is 20.6. The Morgan fingerprint density at radius 2 is 1.39 bits per heavy atom. The Balaban J connectivity index is 2.07. The Hall–Kier alpha value is -2.55. The van der Waals surface area contributed by atoms with Gasteiger partial charge >= 0.3 is 17.9 Å². The van der Waals surface area contributed by atoms with Gasteiger partial charge in [0.2, 0.25) is 5.90 Å². The SMILES string of the molecule is CN(Cc1ccccc1)C1OC(c2ccccc2)=NC1(C(F)(F)F)C(F)(F)F. The van der Waals surface area contributed by atoms with Gasteiger partial charge in [0, 0.05) is 12.1 Å². The van der Waals surface area contributed by atoms with Crippen LogP contribution in [0.15, 0.2) is 65.7 Å². The van der Waals surface area contributed by atoms with Gasteiger partial charge in [0.1, 0.15) is 0 Å². The molecule has 0 aromatic heterocycles. The maximum atomic E-state index is 13.8. The van der Waals surface area contributed by atoms with Crippen molar-refractivity contribution in [3.05, 3.63) is 71.8 Å². The number of nitrogens with zero attached hydrogens (tertiary/aromatic N) is 2. The van der Waals surface area contributed by atoms with Crippen molar-refractivity contribution in [3.8, 4) is 0 Å². The molecule has 3 nitrogen and oxygen atoms in total. The highest BCUT2D eigenvalue weighted by atomic mass is 19.4. The van der Waals surface area contributed by atoms with Gasteiger partial charge in [0.05, 0.1) is 0 Å². The molecule has 0 radical (unpaired) electrons. The lowest BCUT2D eigenvalue weighted by molar-refractivity contribution is -0.322. The van der Waals surface area contributed by atoms with E-state index in [1.807, 2.05) is 0 Å². The van der Waals surface area contributed by atoms with Crippen molar-refractivity contribution < 1.29 is 31.1 Å². The van der Waals surface area contributed by atoms with Crippen LogP contribution >= 0.6 is 0 Å². The average Bonchev–Trinajstić information content (AvgIpc) is 3.06. The van der Waals surface area contributed by atoms with E-state index in [2.05, 4.69) is 4.99 Å². The first-order chi connectivity index (χ1) is 13.1. The Bertz CT molecular complexity index is 819. The van der Waals surface area contributed by atoms with Gasteiger partial charge in [-0.05, 0) is 24.7 Å². The van der Waals surface area contributed by atoms with Crippen molar-refractivity contribution in [1.82, 2.24) is 4.90 Å². The molecule has 1 atom stereocenters. The molecule has 2 aromatic carbocycles. The summed E-state index contributed by atoms with van der Waals surface area (Å²) < 4.78 is 88.1. The Kier molecular flexibility index (Phi) is 5.14. The maximum Gasteiger partial charge on any atom is 0.427 e. The number of halogens is 6. The first-order valence-corrected chi connectivity index (χ1v) is 8.26. The zero-order valence-electron chi connectivity index (χ0n) is 14.6. The van der Waals surface area contributed by atoms with Gasteiger partial charge in [0.25, 0.3) is 0 Å². The lowest BCUT2D eigenvalue weighted by atomic mass is 9.95. The minimum atomic E-state index is -5.71. The van der Waals surface area contributed by atoms with E-state index in [1.165, 1.54) is 24.3 Å². The highest BCUT2D eigenvalue weighted by molar-refractivity contribution is 5.95. The largest absolute Gasteiger partial charge is 0.455 e. The summed E-state index contributed by atoms with van der Waals surface area (Å²) in [5.41, 5.74) is -3.81. The smallest absolute Gasteiger partial charge is 0.427 e. The molecule has 0 saturated carbocycles. The van der Waals surface area contributed by atoms with Crippen LogP contribution in [0.25, 0.3) is 0 Å². The second kappa shape index (κ2) is 7.12. The van der Waals surface area contributed by atoms with E-state index in [1.54, 1.807) is 36.4 Å². The van der Waals surface area contributed by atoms with Crippen molar-refractivity contribution >= 4 is 5.90 Å². The molecule has 0 amide bonds. The van der Waals surface area contributed by atoms with E-state index in [9.17, 15) is 26.3 Å². The number of aliphatic imine (C=N–C) groups is 1. The third-order valence-corrected chi connectivity index (χ3v) is 4.42. The highest BCUT2D eigenvalue weighted by Crippen LogP contribution is 2.52.